The molecular weight excluding hydrogens is 499 g/mol. The van der Waals surface area contributed by atoms with Gasteiger partial charge in [-0.2, -0.15) is 13.2 Å². The molecule has 2 atom stereocenters. The van der Waals surface area contributed by atoms with E-state index in [-0.39, 0.29) is 47.6 Å². The monoisotopic (exact) mass is 524 g/mol. The number of likely N-dealkylation sites (tertiary alicyclic amines) is 1. The number of nitrogens with two attached hydrogens (primary N) is 1. The van der Waals surface area contributed by atoms with Crippen LogP contribution < -0.4 is 15.8 Å². The molecule has 0 spiro atoms. The number of alkyl halides is 3. The van der Waals surface area contributed by atoms with E-state index < -0.39 is 47.4 Å². The van der Waals surface area contributed by atoms with E-state index in [0.717, 1.165) is 18.2 Å². The number of rotatable bonds is 8. The van der Waals surface area contributed by atoms with Gasteiger partial charge in [-0.25, -0.2) is 13.0 Å². The van der Waals surface area contributed by atoms with Crippen LogP contribution in [0.5, 0.6) is 5.75 Å². The lowest BCUT2D eigenvalue weighted by molar-refractivity contribution is -0.148. The van der Waals surface area contributed by atoms with Gasteiger partial charge in [0.25, 0.3) is 5.91 Å². The minimum absolute atomic E-state index is 0.0463. The molecule has 1 aliphatic rings. The summed E-state index contributed by atoms with van der Waals surface area (Å²) in [5.41, 5.74) is 5.99. The van der Waals surface area contributed by atoms with E-state index in [1.165, 1.54) is 22.7 Å². The number of aryl methyl sites for hydroxylation is 1. The summed E-state index contributed by atoms with van der Waals surface area (Å²) in [5.74, 6) is -3.43. The number of carbonyl (C=O) groups excluding carboxylic acids is 1. The number of ether oxygens (including phenoxy) is 1. The summed E-state index contributed by atoms with van der Waals surface area (Å²) in [5, 5.41) is 2.38. The standard InChI is InChI=1S/C21H25F5N4O4S/c1-29-9-17(35(32)33)19(18(29)20(31)28-13-2-3-14(22)15(23)8-13)34-10-16(27)12-4-6-30(7-5-12)11-21(24,25)26/h2-3,8-9,12,16H,4-7,10-11,27H2,1H3,(H,28,31)(H,32,33). The van der Waals surface area contributed by atoms with Crippen LogP contribution in [-0.4, -0.2) is 62.6 Å². The van der Waals surface area contributed by atoms with Gasteiger partial charge in [0, 0.05) is 31.0 Å². The molecule has 35 heavy (non-hydrogen) atoms. The van der Waals surface area contributed by atoms with Crippen LogP contribution in [0.1, 0.15) is 23.3 Å². The number of carbonyl (C=O) groups is 1. The summed E-state index contributed by atoms with van der Waals surface area (Å²) in [6, 6.07) is 2.15. The molecule has 0 saturated carbocycles. The molecule has 2 heterocycles. The number of hydrogen-bond donors (Lipinski definition) is 3. The highest BCUT2D eigenvalue weighted by atomic mass is 32.2. The zero-order valence-electron chi connectivity index (χ0n) is 18.6. The van der Waals surface area contributed by atoms with E-state index in [1.54, 1.807) is 0 Å². The average Bonchev–Trinajstić information content (AvgIpc) is 3.10. The number of nitrogens with one attached hydrogen (secondary N) is 1. The van der Waals surface area contributed by atoms with Gasteiger partial charge in [0.2, 0.25) is 0 Å². The normalized spacial score (nSPS) is 17.3. The van der Waals surface area contributed by atoms with E-state index in [0.29, 0.717) is 12.8 Å². The van der Waals surface area contributed by atoms with E-state index in [2.05, 4.69) is 5.32 Å². The molecule has 1 fully saturated rings. The van der Waals surface area contributed by atoms with Gasteiger partial charge in [0.05, 0.1) is 6.54 Å². The molecule has 2 aromatic rings. The second kappa shape index (κ2) is 11.0. The summed E-state index contributed by atoms with van der Waals surface area (Å²) in [6.45, 7) is -0.713. The lowest BCUT2D eigenvalue weighted by Gasteiger charge is -2.34. The summed E-state index contributed by atoms with van der Waals surface area (Å²) >= 11 is -2.52. The van der Waals surface area contributed by atoms with Crippen LogP contribution in [0.2, 0.25) is 0 Å². The smallest absolute Gasteiger partial charge is 0.401 e. The first-order valence-corrected chi connectivity index (χ1v) is 11.7. The summed E-state index contributed by atoms with van der Waals surface area (Å²) < 4.78 is 92.8. The lowest BCUT2D eigenvalue weighted by Crippen LogP contribution is -2.45. The van der Waals surface area contributed by atoms with Crippen molar-refractivity contribution in [2.75, 3.05) is 31.6 Å². The predicted octanol–water partition coefficient (Wildman–Crippen LogP) is 3.12. The fourth-order valence-electron chi connectivity index (χ4n) is 3.98. The van der Waals surface area contributed by atoms with Crippen molar-refractivity contribution in [3.63, 3.8) is 0 Å². The van der Waals surface area contributed by atoms with E-state index in [9.17, 15) is 35.5 Å². The van der Waals surface area contributed by atoms with Crippen molar-refractivity contribution in [2.45, 2.75) is 30.0 Å². The van der Waals surface area contributed by atoms with Gasteiger partial charge in [-0.1, -0.05) is 0 Å². The minimum atomic E-state index is -4.28. The van der Waals surface area contributed by atoms with Gasteiger partial charge in [-0.15, -0.1) is 0 Å². The second-order valence-electron chi connectivity index (χ2n) is 8.32. The van der Waals surface area contributed by atoms with Crippen LogP contribution in [0.25, 0.3) is 0 Å². The molecule has 4 N–H and O–H groups in total. The third-order valence-corrected chi connectivity index (χ3v) is 6.41. The van der Waals surface area contributed by atoms with Crippen LogP contribution in [-0.2, 0) is 18.1 Å². The zero-order valence-corrected chi connectivity index (χ0v) is 19.5. The second-order valence-corrected chi connectivity index (χ2v) is 9.26. The molecule has 2 unspecified atom stereocenters. The molecule has 3 rings (SSSR count). The number of hydrogen-bond acceptors (Lipinski definition) is 5. The summed E-state index contributed by atoms with van der Waals surface area (Å²) in [4.78, 5) is 13.9. The summed E-state index contributed by atoms with van der Waals surface area (Å²) in [6.07, 6.45) is -2.24. The molecule has 1 saturated heterocycles. The third kappa shape index (κ3) is 6.99. The lowest BCUT2D eigenvalue weighted by atomic mass is 9.90. The molecule has 0 bridgehead atoms. The Kier molecular flexibility index (Phi) is 8.51. The number of piperidine rings is 1. The van der Waals surface area contributed by atoms with E-state index in [4.69, 9.17) is 10.5 Å². The average molecular weight is 525 g/mol. The van der Waals surface area contributed by atoms with Gasteiger partial charge in [0.15, 0.2) is 34.2 Å². The molecule has 0 radical (unpaired) electrons. The Balaban J connectivity index is 1.70. The number of benzene rings is 1. The molecule has 1 aliphatic heterocycles. The van der Waals surface area contributed by atoms with Crippen LogP contribution in [0.3, 0.4) is 0 Å². The Morgan fingerprint density at radius 3 is 2.51 bits per heavy atom. The highest BCUT2D eigenvalue weighted by molar-refractivity contribution is 7.79. The van der Waals surface area contributed by atoms with Gasteiger partial charge < -0.3 is 24.9 Å². The van der Waals surface area contributed by atoms with Crippen molar-refractivity contribution < 1.29 is 40.2 Å². The minimum Gasteiger partial charge on any atom is -0.488 e. The van der Waals surface area contributed by atoms with Gasteiger partial charge >= 0.3 is 6.18 Å². The van der Waals surface area contributed by atoms with Crippen molar-refractivity contribution in [1.82, 2.24) is 9.47 Å². The van der Waals surface area contributed by atoms with Crippen molar-refractivity contribution in [3.8, 4) is 5.75 Å². The van der Waals surface area contributed by atoms with Crippen LogP contribution in [0.4, 0.5) is 27.6 Å². The Morgan fingerprint density at radius 1 is 1.29 bits per heavy atom. The molecule has 1 aromatic carbocycles. The molecule has 1 amide bonds. The Bertz CT molecular complexity index is 1090. The van der Waals surface area contributed by atoms with Gasteiger partial charge in [0.1, 0.15) is 11.5 Å². The molecule has 194 valence electrons. The predicted molar refractivity (Wildman–Crippen MR) is 117 cm³/mol. The molecule has 14 heteroatoms. The Hall–Kier alpha value is -2.55. The fourth-order valence-corrected chi connectivity index (χ4v) is 4.54. The molecule has 0 aliphatic carbocycles. The Labute approximate surface area is 200 Å². The highest BCUT2D eigenvalue weighted by Gasteiger charge is 2.34. The molecule has 8 nitrogen and oxygen atoms in total. The zero-order chi connectivity index (χ0) is 25.9. The van der Waals surface area contributed by atoms with Crippen LogP contribution >= 0.6 is 0 Å². The molecule has 1 aromatic heterocycles. The first kappa shape index (κ1) is 27.0. The van der Waals surface area contributed by atoms with Crippen molar-refractivity contribution in [1.29, 1.82) is 0 Å². The number of halogens is 5. The van der Waals surface area contributed by atoms with Gasteiger partial charge in [-0.3, -0.25) is 9.69 Å². The number of nitrogens with zero attached hydrogens (tertiary/aromatic N) is 2. The first-order valence-electron chi connectivity index (χ1n) is 10.6. The molecular formula is C21H25F5N4O4S. The SMILES string of the molecule is Cn1cc(S(=O)O)c(OCC(N)C2CCN(CC(F)(F)F)CC2)c1C(=O)Nc1ccc(F)c(F)c1. The van der Waals surface area contributed by atoms with E-state index >= 15 is 0 Å². The number of amides is 1. The quantitative estimate of drug-likeness (QED) is 0.362. The summed E-state index contributed by atoms with van der Waals surface area (Å²) in [7, 11) is 1.43. The van der Waals surface area contributed by atoms with Crippen LogP contribution in [0, 0.1) is 17.6 Å². The van der Waals surface area contributed by atoms with Crippen molar-refractivity contribution in [3.05, 3.63) is 41.7 Å². The van der Waals surface area contributed by atoms with Crippen LogP contribution in [0.15, 0.2) is 29.3 Å². The maximum absolute atomic E-state index is 13.5. The van der Waals surface area contributed by atoms with Crippen molar-refractivity contribution in [2.24, 2.45) is 18.7 Å². The van der Waals surface area contributed by atoms with E-state index in [1.807, 2.05) is 0 Å². The Morgan fingerprint density at radius 2 is 1.94 bits per heavy atom. The third-order valence-electron chi connectivity index (χ3n) is 5.74. The topological polar surface area (TPSA) is 110 Å². The first-order chi connectivity index (χ1) is 16.4. The number of anilines is 1. The fraction of sp³-hybridized carbons (Fsp3) is 0.476. The van der Waals surface area contributed by atoms with Gasteiger partial charge in [-0.05, 0) is 44.0 Å². The maximum Gasteiger partial charge on any atom is 0.401 e. The highest BCUT2D eigenvalue weighted by Crippen LogP contribution is 2.31. The van der Waals surface area contributed by atoms with Crippen molar-refractivity contribution >= 4 is 22.7 Å². The largest absolute Gasteiger partial charge is 0.488 e. The maximum atomic E-state index is 13.5. The number of aromatic nitrogens is 1.